The Morgan fingerprint density at radius 1 is 1.45 bits per heavy atom. The molecular formula is C13H14N2O5. The summed E-state index contributed by atoms with van der Waals surface area (Å²) in [6.07, 6.45) is 1.94. The molecule has 3 heterocycles. The molecule has 1 saturated heterocycles. The molecule has 0 aliphatic carbocycles. The number of rotatable bonds is 1. The van der Waals surface area contributed by atoms with E-state index in [1.807, 2.05) is 6.92 Å². The fraction of sp³-hybridized carbons (Fsp3) is 0.462. The summed E-state index contributed by atoms with van der Waals surface area (Å²) in [5.74, 6) is -1.11. The topological polar surface area (TPSA) is 88.8 Å². The summed E-state index contributed by atoms with van der Waals surface area (Å²) in [5, 5.41) is 9.92. The Kier molecular flexibility index (Phi) is 2.86. The van der Waals surface area contributed by atoms with Crippen LogP contribution < -0.4 is 5.43 Å². The van der Waals surface area contributed by atoms with E-state index < -0.39 is 23.3 Å². The maximum absolute atomic E-state index is 12.5. The molecule has 106 valence electrons. The summed E-state index contributed by atoms with van der Waals surface area (Å²) in [4.78, 5) is 36.6. The highest BCUT2D eigenvalue weighted by atomic mass is 16.5. The van der Waals surface area contributed by atoms with Gasteiger partial charge in [0.2, 0.25) is 5.43 Å². The molecule has 1 N–H and O–H groups in total. The van der Waals surface area contributed by atoms with Gasteiger partial charge in [-0.3, -0.25) is 14.4 Å². The van der Waals surface area contributed by atoms with Crippen molar-refractivity contribution in [1.82, 2.24) is 9.47 Å². The number of ether oxygens (including phenoxy) is 1. The predicted octanol–water partition coefficient (Wildman–Crippen LogP) is -0.0429. The van der Waals surface area contributed by atoms with Gasteiger partial charge < -0.3 is 19.3 Å². The van der Waals surface area contributed by atoms with Crippen LogP contribution in [-0.2, 0) is 11.3 Å². The van der Waals surface area contributed by atoms with Gasteiger partial charge in [0, 0.05) is 12.2 Å². The van der Waals surface area contributed by atoms with Crippen LogP contribution in [0.15, 0.2) is 11.0 Å². The first-order valence-corrected chi connectivity index (χ1v) is 6.40. The zero-order chi connectivity index (χ0) is 14.4. The molecule has 2 atom stereocenters. The standard InChI is InChI=1S/C13H14N2O5/c1-7-2-3-20-9-5-14-4-8(6-16)11(17)12(18)10(14)13(19)15(7)9/h4,6-7,9,18H,2-3,5H2,1H3. The fourth-order valence-corrected chi connectivity index (χ4v) is 2.76. The quantitative estimate of drug-likeness (QED) is 0.728. The van der Waals surface area contributed by atoms with Gasteiger partial charge in [0.25, 0.3) is 5.91 Å². The molecule has 1 amide bonds. The van der Waals surface area contributed by atoms with Gasteiger partial charge in [0.15, 0.2) is 24.0 Å². The maximum atomic E-state index is 12.5. The highest BCUT2D eigenvalue weighted by Crippen LogP contribution is 2.28. The molecule has 0 bridgehead atoms. The van der Waals surface area contributed by atoms with Crippen molar-refractivity contribution in [2.24, 2.45) is 0 Å². The van der Waals surface area contributed by atoms with E-state index >= 15 is 0 Å². The molecule has 1 aromatic heterocycles. The number of carbonyl (C=O) groups is 2. The monoisotopic (exact) mass is 278 g/mol. The summed E-state index contributed by atoms with van der Waals surface area (Å²) in [6, 6.07) is -0.0183. The van der Waals surface area contributed by atoms with Crippen LogP contribution in [0.1, 0.15) is 34.2 Å². The number of aromatic nitrogens is 1. The molecule has 0 saturated carbocycles. The summed E-state index contributed by atoms with van der Waals surface area (Å²) in [5.41, 5.74) is -1.06. The maximum Gasteiger partial charge on any atom is 0.276 e. The zero-order valence-electron chi connectivity index (χ0n) is 10.9. The van der Waals surface area contributed by atoms with Crippen LogP contribution in [-0.4, -0.2) is 45.6 Å². The Balaban J connectivity index is 2.18. The molecule has 2 unspecified atom stereocenters. The van der Waals surface area contributed by atoms with Gasteiger partial charge in [-0.25, -0.2) is 0 Å². The van der Waals surface area contributed by atoms with Crippen molar-refractivity contribution in [3.8, 4) is 5.75 Å². The van der Waals surface area contributed by atoms with Crippen molar-refractivity contribution in [3.05, 3.63) is 27.7 Å². The molecule has 7 heteroatoms. The number of hydrogen-bond donors (Lipinski definition) is 1. The molecule has 2 aliphatic heterocycles. The Labute approximate surface area is 114 Å². The molecule has 0 radical (unpaired) electrons. The number of aromatic hydroxyl groups is 1. The van der Waals surface area contributed by atoms with Gasteiger partial charge in [-0.2, -0.15) is 0 Å². The molecular weight excluding hydrogens is 264 g/mol. The average Bonchev–Trinajstić information content (AvgIpc) is 2.42. The highest BCUT2D eigenvalue weighted by Gasteiger charge is 2.40. The van der Waals surface area contributed by atoms with Crippen molar-refractivity contribution in [1.29, 1.82) is 0 Å². The second kappa shape index (κ2) is 4.45. The van der Waals surface area contributed by atoms with E-state index in [-0.39, 0.29) is 17.3 Å². The van der Waals surface area contributed by atoms with E-state index in [9.17, 15) is 19.5 Å². The first kappa shape index (κ1) is 12.9. The Morgan fingerprint density at radius 2 is 2.20 bits per heavy atom. The first-order valence-electron chi connectivity index (χ1n) is 6.40. The van der Waals surface area contributed by atoms with Gasteiger partial charge in [-0.05, 0) is 13.3 Å². The molecule has 2 aliphatic rings. The number of aldehydes is 1. The average molecular weight is 278 g/mol. The lowest BCUT2D eigenvalue weighted by molar-refractivity contribution is -0.112. The van der Waals surface area contributed by atoms with E-state index in [1.165, 1.54) is 10.8 Å². The third kappa shape index (κ3) is 1.66. The summed E-state index contributed by atoms with van der Waals surface area (Å²) < 4.78 is 6.98. The second-order valence-electron chi connectivity index (χ2n) is 5.06. The number of pyridine rings is 1. The van der Waals surface area contributed by atoms with Gasteiger partial charge in [-0.15, -0.1) is 0 Å². The SMILES string of the molecule is CC1CCOC2Cn3cc(C=O)c(=O)c(O)c3C(=O)N12. The van der Waals surface area contributed by atoms with Crippen molar-refractivity contribution in [2.45, 2.75) is 32.2 Å². The summed E-state index contributed by atoms with van der Waals surface area (Å²) in [6.45, 7) is 2.75. The van der Waals surface area contributed by atoms with Crippen molar-refractivity contribution in [2.75, 3.05) is 6.61 Å². The third-order valence-corrected chi connectivity index (χ3v) is 3.83. The van der Waals surface area contributed by atoms with Crippen LogP contribution >= 0.6 is 0 Å². The van der Waals surface area contributed by atoms with Gasteiger partial charge >= 0.3 is 0 Å². The van der Waals surface area contributed by atoms with E-state index in [0.29, 0.717) is 25.9 Å². The smallest absolute Gasteiger partial charge is 0.276 e. The molecule has 20 heavy (non-hydrogen) atoms. The van der Waals surface area contributed by atoms with Crippen LogP contribution in [0.5, 0.6) is 5.75 Å². The number of nitrogens with zero attached hydrogens (tertiary/aromatic N) is 2. The van der Waals surface area contributed by atoms with E-state index in [4.69, 9.17) is 4.74 Å². The van der Waals surface area contributed by atoms with Crippen molar-refractivity contribution in [3.63, 3.8) is 0 Å². The molecule has 0 spiro atoms. The lowest BCUT2D eigenvalue weighted by Gasteiger charge is -2.44. The lowest BCUT2D eigenvalue weighted by atomic mass is 10.1. The molecule has 3 rings (SSSR count). The number of carbonyl (C=O) groups excluding carboxylic acids is 2. The normalized spacial score (nSPS) is 25.1. The number of fused-ring (bicyclic) bond motifs is 2. The minimum Gasteiger partial charge on any atom is -0.503 e. The lowest BCUT2D eigenvalue weighted by Crippen LogP contribution is -2.56. The minimum atomic E-state index is -0.816. The van der Waals surface area contributed by atoms with Gasteiger partial charge in [-0.1, -0.05) is 0 Å². The highest BCUT2D eigenvalue weighted by molar-refractivity contribution is 5.96. The van der Waals surface area contributed by atoms with Crippen LogP contribution in [0.2, 0.25) is 0 Å². The second-order valence-corrected chi connectivity index (χ2v) is 5.06. The van der Waals surface area contributed by atoms with Crippen molar-refractivity contribution >= 4 is 12.2 Å². The molecule has 7 nitrogen and oxygen atoms in total. The number of amides is 1. The zero-order valence-corrected chi connectivity index (χ0v) is 10.9. The van der Waals surface area contributed by atoms with E-state index in [2.05, 4.69) is 0 Å². The molecule has 1 fully saturated rings. The van der Waals surface area contributed by atoms with E-state index in [1.54, 1.807) is 4.90 Å². The fourth-order valence-electron chi connectivity index (χ4n) is 2.76. The number of hydrogen-bond acceptors (Lipinski definition) is 5. The third-order valence-electron chi connectivity index (χ3n) is 3.83. The Bertz CT molecular complexity index is 651. The first-order chi connectivity index (χ1) is 9.54. The van der Waals surface area contributed by atoms with E-state index in [0.717, 1.165) is 0 Å². The van der Waals surface area contributed by atoms with Gasteiger partial charge in [0.05, 0.1) is 18.7 Å². The van der Waals surface area contributed by atoms with Crippen LogP contribution in [0.25, 0.3) is 0 Å². The summed E-state index contributed by atoms with van der Waals surface area (Å²) >= 11 is 0. The molecule has 0 aromatic carbocycles. The summed E-state index contributed by atoms with van der Waals surface area (Å²) in [7, 11) is 0. The van der Waals surface area contributed by atoms with Crippen molar-refractivity contribution < 1.29 is 19.4 Å². The Morgan fingerprint density at radius 3 is 2.90 bits per heavy atom. The largest absolute Gasteiger partial charge is 0.503 e. The predicted molar refractivity (Wildman–Crippen MR) is 67.7 cm³/mol. The van der Waals surface area contributed by atoms with Crippen LogP contribution in [0, 0.1) is 0 Å². The van der Waals surface area contributed by atoms with Gasteiger partial charge in [0.1, 0.15) is 0 Å². The molecule has 1 aromatic rings. The van der Waals surface area contributed by atoms with Crippen LogP contribution in [0.4, 0.5) is 0 Å². The Hall–Kier alpha value is -2.15. The minimum absolute atomic E-state index is 0.0183. The van der Waals surface area contributed by atoms with Crippen LogP contribution in [0.3, 0.4) is 0 Å².